The topological polar surface area (TPSA) is 90.9 Å². The fraction of sp³-hybridized carbons (Fsp3) is 0.0400. The predicted molar refractivity (Wildman–Crippen MR) is 134 cm³/mol. The maximum absolute atomic E-state index is 14.4. The quantitative estimate of drug-likeness (QED) is 0.278. The maximum atomic E-state index is 14.4. The van der Waals surface area contributed by atoms with Gasteiger partial charge in [0.1, 0.15) is 5.69 Å². The fourth-order valence-electron chi connectivity index (χ4n) is 3.86. The first-order valence-electron chi connectivity index (χ1n) is 10.5. The molecule has 5 rings (SSSR count). The van der Waals surface area contributed by atoms with E-state index in [-0.39, 0.29) is 27.3 Å². The molecule has 0 aliphatic carbocycles. The molecule has 11 heteroatoms. The van der Waals surface area contributed by atoms with Gasteiger partial charge in [0, 0.05) is 15.6 Å². The molecule has 0 atom stereocenters. The van der Waals surface area contributed by atoms with Gasteiger partial charge in [0.05, 0.1) is 27.2 Å². The van der Waals surface area contributed by atoms with Crippen molar-refractivity contribution < 1.29 is 21.6 Å². The summed E-state index contributed by atoms with van der Waals surface area (Å²) in [6.45, 7) is 0. The third kappa shape index (κ3) is 4.52. The van der Waals surface area contributed by atoms with Gasteiger partial charge < -0.3 is 0 Å². The highest BCUT2D eigenvalue weighted by Crippen LogP contribution is 2.41. The summed E-state index contributed by atoms with van der Waals surface area (Å²) in [4.78, 5) is 4.45. The molecule has 0 saturated heterocycles. The van der Waals surface area contributed by atoms with Crippen molar-refractivity contribution in [2.24, 2.45) is 5.14 Å². The largest absolute Gasteiger partial charge is 0.417 e. The molecule has 3 aromatic carbocycles. The van der Waals surface area contributed by atoms with Crippen molar-refractivity contribution in [3.63, 3.8) is 0 Å². The summed E-state index contributed by atoms with van der Waals surface area (Å²) in [5.41, 5.74) is 0.604. The lowest BCUT2D eigenvalue weighted by Gasteiger charge is -2.12. The number of pyridine rings is 1. The molecule has 2 heterocycles. The van der Waals surface area contributed by atoms with Crippen molar-refractivity contribution in [1.29, 1.82) is 0 Å². The zero-order valence-electron chi connectivity index (χ0n) is 18.2. The van der Waals surface area contributed by atoms with Gasteiger partial charge in [-0.3, -0.25) is 0 Å². The third-order valence-corrected chi connectivity index (χ3v) is 7.00. The Morgan fingerprint density at radius 1 is 0.861 bits per heavy atom. The van der Waals surface area contributed by atoms with E-state index in [0.29, 0.717) is 16.8 Å². The van der Waals surface area contributed by atoms with E-state index in [9.17, 15) is 21.6 Å². The molecule has 0 aliphatic heterocycles. The van der Waals surface area contributed by atoms with Crippen LogP contribution in [0.5, 0.6) is 0 Å². The molecule has 0 radical (unpaired) electrons. The number of nitrogens with zero attached hydrogens (tertiary/aromatic N) is 3. The first-order valence-corrected chi connectivity index (χ1v) is 12.8. The molecule has 0 spiro atoms. The Balaban J connectivity index is 1.86. The second kappa shape index (κ2) is 8.84. The summed E-state index contributed by atoms with van der Waals surface area (Å²) >= 11 is 3.33. The third-order valence-electron chi connectivity index (χ3n) is 5.54. The number of sulfonamides is 1. The van der Waals surface area contributed by atoms with Gasteiger partial charge in [-0.05, 0) is 42.5 Å². The molecule has 2 aromatic heterocycles. The number of fused-ring (bicyclic) bond motifs is 1. The van der Waals surface area contributed by atoms with E-state index in [4.69, 9.17) is 5.14 Å². The van der Waals surface area contributed by atoms with Gasteiger partial charge in [0.2, 0.25) is 10.0 Å². The van der Waals surface area contributed by atoms with Crippen LogP contribution in [0.2, 0.25) is 0 Å². The van der Waals surface area contributed by atoms with Crippen LogP contribution in [0.4, 0.5) is 13.2 Å². The van der Waals surface area contributed by atoms with E-state index in [0.717, 1.165) is 10.5 Å². The summed E-state index contributed by atoms with van der Waals surface area (Å²) < 4.78 is 68.7. The zero-order valence-corrected chi connectivity index (χ0v) is 20.6. The van der Waals surface area contributed by atoms with Gasteiger partial charge in [-0.15, -0.1) is 0 Å². The van der Waals surface area contributed by atoms with Crippen LogP contribution < -0.4 is 5.14 Å². The van der Waals surface area contributed by atoms with Crippen LogP contribution in [0.15, 0.2) is 94.3 Å². The molecular formula is C25H16BrF3N4O2S. The van der Waals surface area contributed by atoms with Crippen molar-refractivity contribution >= 4 is 37.0 Å². The second-order valence-electron chi connectivity index (χ2n) is 7.92. The van der Waals surface area contributed by atoms with Gasteiger partial charge in [0.15, 0.2) is 5.65 Å². The first-order chi connectivity index (χ1) is 17.0. The summed E-state index contributed by atoms with van der Waals surface area (Å²) in [5.74, 6) is 0. The number of nitrogens with two attached hydrogens (primary N) is 1. The molecule has 0 bridgehead atoms. The lowest BCUT2D eigenvalue weighted by Crippen LogP contribution is -2.12. The number of hydrogen-bond donors (Lipinski definition) is 1. The maximum Gasteiger partial charge on any atom is 0.417 e. The average molecular weight is 573 g/mol. The van der Waals surface area contributed by atoms with Gasteiger partial charge >= 0.3 is 6.18 Å². The Hall–Kier alpha value is -3.54. The molecule has 2 N–H and O–H groups in total. The number of primary sulfonamides is 1. The number of benzene rings is 3. The highest BCUT2D eigenvalue weighted by atomic mass is 79.9. The minimum atomic E-state index is -4.69. The van der Waals surface area contributed by atoms with Crippen LogP contribution in [0, 0.1) is 0 Å². The van der Waals surface area contributed by atoms with Crippen LogP contribution in [0.3, 0.4) is 0 Å². The van der Waals surface area contributed by atoms with Crippen molar-refractivity contribution in [3.05, 3.63) is 95.0 Å². The minimum absolute atomic E-state index is 0.0232. The zero-order chi connectivity index (χ0) is 25.7. The monoisotopic (exact) mass is 572 g/mol. The van der Waals surface area contributed by atoms with Crippen molar-refractivity contribution in [3.8, 4) is 28.2 Å². The highest BCUT2D eigenvalue weighted by Gasteiger charge is 2.36. The fourth-order valence-corrected chi connectivity index (χ4v) is 4.64. The summed E-state index contributed by atoms with van der Waals surface area (Å²) in [7, 11) is -3.95. The second-order valence-corrected chi connectivity index (χ2v) is 10.4. The van der Waals surface area contributed by atoms with Crippen molar-refractivity contribution in [2.75, 3.05) is 0 Å². The summed E-state index contributed by atoms with van der Waals surface area (Å²) in [6, 6.07) is 21.7. The Morgan fingerprint density at radius 2 is 1.50 bits per heavy atom. The molecule has 36 heavy (non-hydrogen) atoms. The first kappa shape index (κ1) is 24.2. The Kier molecular flexibility index (Phi) is 5.93. The van der Waals surface area contributed by atoms with E-state index in [2.05, 4.69) is 26.0 Å². The molecule has 0 unspecified atom stereocenters. The van der Waals surface area contributed by atoms with Gasteiger partial charge in [-0.25, -0.2) is 23.2 Å². The Labute approximate surface area is 212 Å². The minimum Gasteiger partial charge on any atom is -0.228 e. The van der Waals surface area contributed by atoms with E-state index in [1.54, 1.807) is 54.6 Å². The van der Waals surface area contributed by atoms with E-state index in [1.807, 2.05) is 0 Å². The normalized spacial score (nSPS) is 12.2. The SMILES string of the molecule is NS(=O)(=O)c1ccc(-n2nc(-c3ccccc3)c3c(C(F)(F)F)cc(-c4ccc(Br)cc4)nc32)cc1. The number of rotatable bonds is 4. The number of alkyl halides is 3. The van der Waals surface area contributed by atoms with Crippen LogP contribution >= 0.6 is 15.9 Å². The molecule has 0 aliphatic rings. The molecule has 0 fully saturated rings. The van der Waals surface area contributed by atoms with E-state index < -0.39 is 21.8 Å². The lowest BCUT2D eigenvalue weighted by atomic mass is 10.0. The molecule has 0 amide bonds. The van der Waals surface area contributed by atoms with Crippen LogP contribution in [-0.4, -0.2) is 23.2 Å². The Morgan fingerprint density at radius 3 is 2.08 bits per heavy atom. The Bertz CT molecular complexity index is 1680. The van der Waals surface area contributed by atoms with Crippen LogP contribution in [0.1, 0.15) is 5.56 Å². The molecular weight excluding hydrogens is 557 g/mol. The van der Waals surface area contributed by atoms with E-state index in [1.165, 1.54) is 28.9 Å². The molecule has 182 valence electrons. The summed E-state index contributed by atoms with van der Waals surface area (Å²) in [6.07, 6.45) is -4.69. The van der Waals surface area contributed by atoms with E-state index >= 15 is 0 Å². The number of halogens is 4. The standard InChI is InChI=1S/C25H16BrF3N4O2S/c26-17-8-6-15(7-9-17)21-14-20(25(27,28)29)22-23(16-4-2-1-3-5-16)32-33(24(22)31-21)18-10-12-19(13-11-18)36(30,34)35/h1-14H,(H2,30,34,35). The lowest BCUT2D eigenvalue weighted by molar-refractivity contribution is -0.136. The van der Waals surface area contributed by atoms with Crippen LogP contribution in [-0.2, 0) is 16.2 Å². The molecule has 0 saturated carbocycles. The summed E-state index contributed by atoms with van der Waals surface area (Å²) in [5, 5.41) is 9.54. The smallest absolute Gasteiger partial charge is 0.228 e. The van der Waals surface area contributed by atoms with Crippen LogP contribution in [0.25, 0.3) is 39.2 Å². The van der Waals surface area contributed by atoms with Crippen molar-refractivity contribution in [2.45, 2.75) is 11.1 Å². The average Bonchev–Trinajstić information content (AvgIpc) is 3.23. The molecule has 5 aromatic rings. The highest BCUT2D eigenvalue weighted by molar-refractivity contribution is 9.10. The van der Waals surface area contributed by atoms with Gasteiger partial charge in [0.25, 0.3) is 0 Å². The van der Waals surface area contributed by atoms with Gasteiger partial charge in [-0.1, -0.05) is 58.4 Å². The predicted octanol–water partition coefficient (Wildman–Crippen LogP) is 6.18. The number of hydrogen-bond acceptors (Lipinski definition) is 4. The van der Waals surface area contributed by atoms with Gasteiger partial charge in [-0.2, -0.15) is 18.3 Å². The molecule has 6 nitrogen and oxygen atoms in total. The number of aromatic nitrogens is 3. The van der Waals surface area contributed by atoms with Crippen molar-refractivity contribution in [1.82, 2.24) is 14.8 Å².